The Balaban J connectivity index is 1.91. The molecule has 7 heteroatoms. The predicted octanol–water partition coefficient (Wildman–Crippen LogP) is 0.416. The minimum absolute atomic E-state index is 0.00412. The SMILES string of the molecule is COc1ccc2[nH]cc(C(=O)N[C@@H]3CCOC[C@H]3O)c(=O)c2c1. The molecule has 1 amide bonds. The van der Waals surface area contributed by atoms with Crippen LogP contribution in [0.4, 0.5) is 0 Å². The molecule has 122 valence electrons. The third-order valence-electron chi connectivity index (χ3n) is 3.98. The molecular formula is C16H18N2O5. The summed E-state index contributed by atoms with van der Waals surface area (Å²) in [5.74, 6) is 0.0299. The fourth-order valence-corrected chi connectivity index (χ4v) is 2.63. The third kappa shape index (κ3) is 3.06. The van der Waals surface area contributed by atoms with E-state index in [1.807, 2.05) is 0 Å². The van der Waals surface area contributed by atoms with Gasteiger partial charge in [-0.25, -0.2) is 0 Å². The molecule has 0 bridgehead atoms. The zero-order chi connectivity index (χ0) is 16.4. The van der Waals surface area contributed by atoms with Crippen LogP contribution in [0, 0.1) is 0 Å². The molecule has 0 radical (unpaired) electrons. The van der Waals surface area contributed by atoms with Gasteiger partial charge in [0.1, 0.15) is 11.3 Å². The number of carbonyl (C=O) groups is 1. The lowest BCUT2D eigenvalue weighted by molar-refractivity contribution is -0.0261. The monoisotopic (exact) mass is 318 g/mol. The molecule has 0 aliphatic carbocycles. The highest BCUT2D eigenvalue weighted by molar-refractivity contribution is 5.97. The molecule has 1 aliphatic heterocycles. The van der Waals surface area contributed by atoms with Crippen LogP contribution in [0.1, 0.15) is 16.8 Å². The smallest absolute Gasteiger partial charge is 0.257 e. The quantitative estimate of drug-likeness (QED) is 0.761. The molecule has 0 spiro atoms. The summed E-state index contributed by atoms with van der Waals surface area (Å²) in [6.45, 7) is 0.642. The third-order valence-corrected chi connectivity index (χ3v) is 3.98. The number of benzene rings is 1. The van der Waals surface area contributed by atoms with E-state index in [-0.39, 0.29) is 17.6 Å². The van der Waals surface area contributed by atoms with Crippen LogP contribution in [0.5, 0.6) is 5.75 Å². The first kappa shape index (κ1) is 15.5. The lowest BCUT2D eigenvalue weighted by atomic mass is 10.1. The molecule has 3 rings (SSSR count). The summed E-state index contributed by atoms with van der Waals surface area (Å²) in [7, 11) is 1.51. The van der Waals surface area contributed by atoms with Crippen LogP contribution >= 0.6 is 0 Å². The van der Waals surface area contributed by atoms with Crippen molar-refractivity contribution in [3.63, 3.8) is 0 Å². The van der Waals surface area contributed by atoms with Gasteiger partial charge in [0.2, 0.25) is 5.43 Å². The van der Waals surface area contributed by atoms with Gasteiger partial charge in [0.25, 0.3) is 5.91 Å². The van der Waals surface area contributed by atoms with Crippen LogP contribution in [0.15, 0.2) is 29.2 Å². The number of aliphatic hydroxyl groups excluding tert-OH is 1. The maximum absolute atomic E-state index is 12.5. The fraction of sp³-hybridized carbons (Fsp3) is 0.375. The number of amides is 1. The van der Waals surface area contributed by atoms with E-state index in [1.54, 1.807) is 18.2 Å². The molecule has 3 N–H and O–H groups in total. The summed E-state index contributed by atoms with van der Waals surface area (Å²) in [5, 5.41) is 12.9. The molecule has 7 nitrogen and oxygen atoms in total. The zero-order valence-electron chi connectivity index (χ0n) is 12.7. The fourth-order valence-electron chi connectivity index (χ4n) is 2.63. The Hall–Kier alpha value is -2.38. The number of nitrogens with one attached hydrogen (secondary N) is 2. The van der Waals surface area contributed by atoms with E-state index < -0.39 is 18.1 Å². The number of aromatic nitrogens is 1. The molecule has 2 atom stereocenters. The second-order valence-electron chi connectivity index (χ2n) is 5.45. The van der Waals surface area contributed by atoms with Crippen molar-refractivity contribution < 1.29 is 19.4 Å². The van der Waals surface area contributed by atoms with Crippen LogP contribution in [0.25, 0.3) is 10.9 Å². The summed E-state index contributed by atoms with van der Waals surface area (Å²) in [4.78, 5) is 27.8. The number of aliphatic hydroxyl groups is 1. The topological polar surface area (TPSA) is 101 Å². The Labute approximate surface area is 132 Å². The van der Waals surface area contributed by atoms with Crippen molar-refractivity contribution in [2.24, 2.45) is 0 Å². The molecule has 2 aromatic rings. The lowest BCUT2D eigenvalue weighted by Gasteiger charge is -2.28. The molecule has 23 heavy (non-hydrogen) atoms. The van der Waals surface area contributed by atoms with Crippen LogP contribution in [0.2, 0.25) is 0 Å². The van der Waals surface area contributed by atoms with E-state index in [1.165, 1.54) is 13.3 Å². The van der Waals surface area contributed by atoms with Crippen molar-refractivity contribution in [3.05, 3.63) is 40.2 Å². The molecule has 1 aliphatic rings. The summed E-state index contributed by atoms with van der Waals surface area (Å²) < 4.78 is 10.2. The second-order valence-corrected chi connectivity index (χ2v) is 5.45. The number of rotatable bonds is 3. The van der Waals surface area contributed by atoms with Crippen molar-refractivity contribution in [1.82, 2.24) is 10.3 Å². The van der Waals surface area contributed by atoms with E-state index in [4.69, 9.17) is 9.47 Å². The maximum atomic E-state index is 12.5. The number of hydrogen-bond acceptors (Lipinski definition) is 5. The van der Waals surface area contributed by atoms with Gasteiger partial charge in [0, 0.05) is 23.7 Å². The second kappa shape index (κ2) is 6.39. The molecule has 0 unspecified atom stereocenters. The minimum atomic E-state index is -0.771. The summed E-state index contributed by atoms with van der Waals surface area (Å²) in [6.07, 6.45) is 1.12. The Morgan fingerprint density at radius 3 is 3.04 bits per heavy atom. The molecule has 0 saturated carbocycles. The van der Waals surface area contributed by atoms with E-state index in [9.17, 15) is 14.7 Å². The Morgan fingerprint density at radius 2 is 2.30 bits per heavy atom. The normalized spacial score (nSPS) is 21.1. The molecule has 1 saturated heterocycles. The van der Waals surface area contributed by atoms with E-state index in [2.05, 4.69) is 10.3 Å². The highest BCUT2D eigenvalue weighted by Crippen LogP contribution is 2.17. The standard InChI is InChI=1S/C16H18N2O5/c1-22-9-2-3-12-10(6-9)15(20)11(7-17-12)16(21)18-13-4-5-23-8-14(13)19/h2-3,6-7,13-14,19H,4-5,8H2,1H3,(H,17,20)(H,18,21)/t13-,14-/m1/s1. The summed E-state index contributed by atoms with van der Waals surface area (Å²) in [6, 6.07) is 4.63. The predicted molar refractivity (Wildman–Crippen MR) is 83.8 cm³/mol. The van der Waals surface area contributed by atoms with Gasteiger partial charge in [-0.3, -0.25) is 9.59 Å². The maximum Gasteiger partial charge on any atom is 0.257 e. The average Bonchev–Trinajstić information content (AvgIpc) is 2.57. The van der Waals surface area contributed by atoms with Crippen LogP contribution < -0.4 is 15.5 Å². The zero-order valence-corrected chi connectivity index (χ0v) is 12.7. The largest absolute Gasteiger partial charge is 0.497 e. The van der Waals surface area contributed by atoms with Gasteiger partial charge in [-0.1, -0.05) is 0 Å². The van der Waals surface area contributed by atoms with Crippen molar-refractivity contribution in [1.29, 1.82) is 0 Å². The van der Waals surface area contributed by atoms with Crippen LogP contribution in [-0.4, -0.2) is 48.5 Å². The Bertz CT molecular complexity index is 786. The lowest BCUT2D eigenvalue weighted by Crippen LogP contribution is -2.49. The van der Waals surface area contributed by atoms with Gasteiger partial charge in [0.15, 0.2) is 0 Å². The number of methoxy groups -OCH3 is 1. The highest BCUT2D eigenvalue weighted by atomic mass is 16.5. The number of ether oxygens (including phenoxy) is 2. The molecule has 1 aromatic heterocycles. The van der Waals surface area contributed by atoms with Gasteiger partial charge < -0.3 is 24.9 Å². The first-order valence-corrected chi connectivity index (χ1v) is 7.36. The summed E-state index contributed by atoms with van der Waals surface area (Å²) in [5.41, 5.74) is 0.250. The van der Waals surface area contributed by atoms with E-state index >= 15 is 0 Å². The molecule has 2 heterocycles. The number of hydrogen-bond donors (Lipinski definition) is 3. The van der Waals surface area contributed by atoms with Crippen molar-refractivity contribution in [2.75, 3.05) is 20.3 Å². The minimum Gasteiger partial charge on any atom is -0.497 e. The van der Waals surface area contributed by atoms with Crippen molar-refractivity contribution in [2.45, 2.75) is 18.6 Å². The van der Waals surface area contributed by atoms with Crippen molar-refractivity contribution >= 4 is 16.8 Å². The summed E-state index contributed by atoms with van der Waals surface area (Å²) >= 11 is 0. The Kier molecular flexibility index (Phi) is 4.31. The first-order chi connectivity index (χ1) is 11.1. The number of carbonyl (C=O) groups excluding carboxylic acids is 1. The molecular weight excluding hydrogens is 300 g/mol. The number of fused-ring (bicyclic) bond motifs is 1. The number of pyridine rings is 1. The average molecular weight is 318 g/mol. The number of aromatic amines is 1. The highest BCUT2D eigenvalue weighted by Gasteiger charge is 2.26. The van der Waals surface area contributed by atoms with Crippen LogP contribution in [0.3, 0.4) is 0 Å². The van der Waals surface area contributed by atoms with Crippen molar-refractivity contribution in [3.8, 4) is 5.75 Å². The first-order valence-electron chi connectivity index (χ1n) is 7.36. The Morgan fingerprint density at radius 1 is 1.48 bits per heavy atom. The van der Waals surface area contributed by atoms with Gasteiger partial charge in [0.05, 0.1) is 25.9 Å². The van der Waals surface area contributed by atoms with Gasteiger partial charge in [-0.05, 0) is 24.6 Å². The van der Waals surface area contributed by atoms with Gasteiger partial charge >= 0.3 is 0 Å². The van der Waals surface area contributed by atoms with E-state index in [0.29, 0.717) is 29.7 Å². The van der Waals surface area contributed by atoms with Gasteiger partial charge in [-0.15, -0.1) is 0 Å². The molecule has 1 aromatic carbocycles. The van der Waals surface area contributed by atoms with E-state index in [0.717, 1.165) is 0 Å². The molecule has 1 fully saturated rings. The van der Waals surface area contributed by atoms with Crippen LogP contribution in [-0.2, 0) is 4.74 Å². The number of H-pyrrole nitrogens is 1. The van der Waals surface area contributed by atoms with Gasteiger partial charge in [-0.2, -0.15) is 0 Å².